The Bertz CT molecular complexity index is 1120. The van der Waals surface area contributed by atoms with Crippen molar-refractivity contribution >= 4 is 22.6 Å². The Morgan fingerprint density at radius 3 is 2.76 bits per heavy atom. The predicted octanol–water partition coefficient (Wildman–Crippen LogP) is 4.77. The number of carbonyl (C=O) groups excluding carboxylic acids is 1. The van der Waals surface area contributed by atoms with Gasteiger partial charge in [-0.15, -0.1) is 0 Å². The highest BCUT2D eigenvalue weighted by atomic mass is 16.5. The summed E-state index contributed by atoms with van der Waals surface area (Å²) in [5, 5.41) is 0. The molecule has 2 aliphatic rings. The average molecular weight is 389 g/mol. The molecular formula is C24H27N3O2. The first-order valence-electron chi connectivity index (χ1n) is 10.6. The van der Waals surface area contributed by atoms with Crippen LogP contribution < -0.4 is 9.64 Å². The number of imidazole rings is 1. The number of anilines is 1. The number of fused-ring (bicyclic) bond motifs is 3. The van der Waals surface area contributed by atoms with E-state index in [0.717, 1.165) is 66.1 Å². The molecule has 1 aromatic heterocycles. The summed E-state index contributed by atoms with van der Waals surface area (Å²) >= 11 is 0. The van der Waals surface area contributed by atoms with E-state index in [2.05, 4.69) is 41.8 Å². The quantitative estimate of drug-likeness (QED) is 0.634. The minimum absolute atomic E-state index is 0.0153. The van der Waals surface area contributed by atoms with Crippen LogP contribution in [-0.4, -0.2) is 22.0 Å². The van der Waals surface area contributed by atoms with Gasteiger partial charge in [0.25, 0.3) is 0 Å². The highest BCUT2D eigenvalue weighted by molar-refractivity contribution is 5.99. The van der Waals surface area contributed by atoms with E-state index in [0.29, 0.717) is 6.42 Å². The predicted molar refractivity (Wildman–Crippen MR) is 115 cm³/mol. The van der Waals surface area contributed by atoms with Gasteiger partial charge in [-0.2, -0.15) is 0 Å². The van der Waals surface area contributed by atoms with Gasteiger partial charge in [-0.3, -0.25) is 4.79 Å². The number of hydrogen-bond donors (Lipinski definition) is 0. The molecule has 2 aromatic carbocycles. The number of aromatic nitrogens is 2. The Balaban J connectivity index is 1.67. The van der Waals surface area contributed by atoms with Crippen LogP contribution in [0.5, 0.6) is 5.75 Å². The molecule has 0 N–H and O–H groups in total. The van der Waals surface area contributed by atoms with Crippen LogP contribution in [0.4, 0.5) is 5.69 Å². The number of hydrogen-bond acceptors (Lipinski definition) is 3. The van der Waals surface area contributed by atoms with E-state index in [9.17, 15) is 4.79 Å². The number of aryl methyl sites for hydroxylation is 3. The maximum absolute atomic E-state index is 12.7. The molecule has 0 aliphatic carbocycles. The molecule has 0 radical (unpaired) electrons. The molecule has 5 nitrogen and oxygen atoms in total. The topological polar surface area (TPSA) is 47.4 Å². The van der Waals surface area contributed by atoms with Crippen LogP contribution in [-0.2, 0) is 18.3 Å². The number of carbonyl (C=O) groups is 1. The maximum Gasteiger partial charge on any atom is 0.226 e. The standard InChI is InChI=1S/C24H27N3O2/c1-15-8-4-5-9-17(15)21-12-11-18-19(27-13-7-6-10-22(27)28)14-20-23(24(18)29-21)25-16(2)26(20)3/h4-5,8-9,14,21H,6-7,10-13H2,1-3H3/t21-/m0/s1. The van der Waals surface area contributed by atoms with Crippen molar-refractivity contribution in [2.45, 2.75) is 52.1 Å². The number of rotatable bonds is 2. The molecule has 2 aliphatic heterocycles. The van der Waals surface area contributed by atoms with E-state index in [4.69, 9.17) is 9.72 Å². The van der Waals surface area contributed by atoms with Gasteiger partial charge in [0, 0.05) is 25.6 Å². The van der Waals surface area contributed by atoms with E-state index in [1.54, 1.807) is 0 Å². The minimum atomic E-state index is 0.0153. The molecule has 1 saturated heterocycles. The third-order valence-corrected chi connectivity index (χ3v) is 6.50. The molecule has 0 bridgehead atoms. The maximum atomic E-state index is 12.7. The van der Waals surface area contributed by atoms with Gasteiger partial charge >= 0.3 is 0 Å². The summed E-state index contributed by atoms with van der Waals surface area (Å²) in [6, 6.07) is 10.6. The summed E-state index contributed by atoms with van der Waals surface area (Å²) < 4.78 is 8.72. The molecule has 1 atom stereocenters. The van der Waals surface area contributed by atoms with Crippen LogP contribution in [0.1, 0.15) is 54.3 Å². The van der Waals surface area contributed by atoms with Gasteiger partial charge in [0.05, 0.1) is 11.2 Å². The summed E-state index contributed by atoms with van der Waals surface area (Å²) in [7, 11) is 2.03. The van der Waals surface area contributed by atoms with Crippen molar-refractivity contribution in [1.29, 1.82) is 0 Å². The Labute approximate surface area is 171 Å². The van der Waals surface area contributed by atoms with E-state index < -0.39 is 0 Å². The van der Waals surface area contributed by atoms with Crippen LogP contribution in [0.3, 0.4) is 0 Å². The van der Waals surface area contributed by atoms with Crippen LogP contribution in [0.25, 0.3) is 11.0 Å². The summed E-state index contributed by atoms with van der Waals surface area (Å²) in [6.07, 6.45) is 4.47. The first kappa shape index (κ1) is 18.2. The fraction of sp³-hybridized carbons (Fsp3) is 0.417. The Hall–Kier alpha value is -2.82. The van der Waals surface area contributed by atoms with Crippen molar-refractivity contribution in [3.63, 3.8) is 0 Å². The highest BCUT2D eigenvalue weighted by Crippen LogP contribution is 2.45. The number of nitrogens with zero attached hydrogens (tertiary/aromatic N) is 3. The number of ether oxygens (including phenoxy) is 1. The number of benzene rings is 2. The van der Waals surface area contributed by atoms with Gasteiger partial charge in [-0.05, 0) is 56.7 Å². The first-order chi connectivity index (χ1) is 14.0. The second-order valence-corrected chi connectivity index (χ2v) is 8.29. The van der Waals surface area contributed by atoms with Gasteiger partial charge in [0.2, 0.25) is 5.91 Å². The van der Waals surface area contributed by atoms with Crippen LogP contribution in [0.15, 0.2) is 30.3 Å². The second kappa shape index (κ2) is 6.90. The lowest BCUT2D eigenvalue weighted by Crippen LogP contribution is -2.36. The zero-order chi connectivity index (χ0) is 20.1. The number of piperidine rings is 1. The smallest absolute Gasteiger partial charge is 0.226 e. The molecule has 0 unspecified atom stereocenters. The Kier molecular flexibility index (Phi) is 4.34. The SMILES string of the molecule is Cc1ccccc1[C@@H]1CCc2c(N3CCCCC3=O)cc3c(nc(C)n3C)c2O1. The molecule has 3 heterocycles. The summed E-state index contributed by atoms with van der Waals surface area (Å²) in [4.78, 5) is 19.5. The number of amides is 1. The van der Waals surface area contributed by atoms with Crippen LogP contribution >= 0.6 is 0 Å². The van der Waals surface area contributed by atoms with Crippen LogP contribution in [0.2, 0.25) is 0 Å². The summed E-state index contributed by atoms with van der Waals surface area (Å²) in [5.41, 5.74) is 6.57. The third kappa shape index (κ3) is 2.91. The fourth-order valence-corrected chi connectivity index (χ4v) is 4.75. The zero-order valence-electron chi connectivity index (χ0n) is 17.4. The van der Waals surface area contributed by atoms with Crippen molar-refractivity contribution in [2.75, 3.05) is 11.4 Å². The Morgan fingerprint density at radius 1 is 1.14 bits per heavy atom. The lowest BCUT2D eigenvalue weighted by atomic mass is 9.92. The molecule has 5 heteroatoms. The van der Waals surface area contributed by atoms with E-state index in [1.807, 2.05) is 18.9 Å². The van der Waals surface area contributed by atoms with Gasteiger partial charge < -0.3 is 14.2 Å². The molecule has 0 saturated carbocycles. The van der Waals surface area contributed by atoms with Gasteiger partial charge in [0.1, 0.15) is 17.4 Å². The van der Waals surface area contributed by atoms with Gasteiger partial charge in [0.15, 0.2) is 5.75 Å². The van der Waals surface area contributed by atoms with Crippen molar-refractivity contribution in [3.8, 4) is 5.75 Å². The Morgan fingerprint density at radius 2 is 1.97 bits per heavy atom. The normalized spacial score (nSPS) is 19.3. The second-order valence-electron chi connectivity index (χ2n) is 8.29. The van der Waals surface area contributed by atoms with E-state index in [-0.39, 0.29) is 12.0 Å². The molecule has 150 valence electrons. The minimum Gasteiger partial charge on any atom is -0.483 e. The molecule has 0 spiro atoms. The summed E-state index contributed by atoms with van der Waals surface area (Å²) in [5.74, 6) is 2.03. The van der Waals surface area contributed by atoms with Crippen molar-refractivity contribution in [2.24, 2.45) is 7.05 Å². The van der Waals surface area contributed by atoms with Gasteiger partial charge in [-0.25, -0.2) is 4.98 Å². The average Bonchev–Trinajstić information content (AvgIpc) is 3.02. The molecule has 1 fully saturated rings. The van der Waals surface area contributed by atoms with E-state index in [1.165, 1.54) is 11.1 Å². The highest BCUT2D eigenvalue weighted by Gasteiger charge is 2.32. The molecule has 29 heavy (non-hydrogen) atoms. The van der Waals surface area contributed by atoms with Crippen LogP contribution in [0, 0.1) is 13.8 Å². The third-order valence-electron chi connectivity index (χ3n) is 6.50. The fourth-order valence-electron chi connectivity index (χ4n) is 4.75. The lowest BCUT2D eigenvalue weighted by Gasteiger charge is -2.33. The molecule has 1 amide bonds. The molecule has 5 rings (SSSR count). The van der Waals surface area contributed by atoms with Crippen molar-refractivity contribution in [1.82, 2.24) is 9.55 Å². The van der Waals surface area contributed by atoms with E-state index >= 15 is 0 Å². The van der Waals surface area contributed by atoms with Gasteiger partial charge in [-0.1, -0.05) is 24.3 Å². The summed E-state index contributed by atoms with van der Waals surface area (Å²) in [6.45, 7) is 4.94. The zero-order valence-corrected chi connectivity index (χ0v) is 17.4. The lowest BCUT2D eigenvalue weighted by molar-refractivity contribution is -0.119. The molecular weight excluding hydrogens is 362 g/mol. The van der Waals surface area contributed by atoms with Crippen molar-refractivity contribution in [3.05, 3.63) is 52.8 Å². The van der Waals surface area contributed by atoms with Crippen molar-refractivity contribution < 1.29 is 9.53 Å². The molecule has 3 aromatic rings. The first-order valence-corrected chi connectivity index (χ1v) is 10.6. The largest absolute Gasteiger partial charge is 0.483 e. The monoisotopic (exact) mass is 389 g/mol.